The van der Waals surface area contributed by atoms with Crippen molar-refractivity contribution in [3.8, 4) is 5.75 Å². The van der Waals surface area contributed by atoms with Crippen molar-refractivity contribution in [1.29, 1.82) is 0 Å². The van der Waals surface area contributed by atoms with Crippen LogP contribution in [0.25, 0.3) is 0 Å². The predicted molar refractivity (Wildman–Crippen MR) is 157 cm³/mol. The van der Waals surface area contributed by atoms with Gasteiger partial charge in [-0.25, -0.2) is 0 Å². The molecule has 2 aromatic carbocycles. The van der Waals surface area contributed by atoms with Gasteiger partial charge in [0.1, 0.15) is 5.75 Å². The van der Waals surface area contributed by atoms with Gasteiger partial charge in [-0.2, -0.15) is 0 Å². The number of amides is 1. The second-order valence-electron chi connectivity index (χ2n) is 13.0. The van der Waals surface area contributed by atoms with Crippen molar-refractivity contribution in [2.45, 2.75) is 66.2 Å². The molecule has 0 saturated carbocycles. The third kappa shape index (κ3) is 5.46. The van der Waals surface area contributed by atoms with Gasteiger partial charge in [-0.1, -0.05) is 57.5 Å². The number of halogens is 1. The van der Waals surface area contributed by atoms with Gasteiger partial charge in [-0.05, 0) is 66.0 Å². The van der Waals surface area contributed by atoms with E-state index in [9.17, 15) is 14.4 Å². The molecule has 6 nitrogen and oxygen atoms in total. The van der Waals surface area contributed by atoms with Crippen LogP contribution in [0.4, 0.5) is 5.69 Å². The Morgan fingerprint density at radius 1 is 0.925 bits per heavy atom. The third-order valence-electron chi connectivity index (χ3n) is 8.22. The zero-order valence-corrected chi connectivity index (χ0v) is 24.9. The van der Waals surface area contributed by atoms with Crippen LogP contribution in [0.2, 0.25) is 5.02 Å². The van der Waals surface area contributed by atoms with E-state index in [1.165, 1.54) is 0 Å². The van der Waals surface area contributed by atoms with Crippen molar-refractivity contribution in [3.63, 3.8) is 0 Å². The average Bonchev–Trinajstić information content (AvgIpc) is 2.85. The van der Waals surface area contributed by atoms with E-state index < -0.39 is 5.92 Å². The summed E-state index contributed by atoms with van der Waals surface area (Å²) >= 11 is 6.15. The molecular weight excluding hydrogens is 524 g/mol. The molecule has 0 fully saturated rings. The number of ketones is 2. The second-order valence-corrected chi connectivity index (χ2v) is 13.4. The van der Waals surface area contributed by atoms with E-state index in [1.807, 2.05) is 32.2 Å². The van der Waals surface area contributed by atoms with E-state index in [4.69, 9.17) is 16.3 Å². The van der Waals surface area contributed by atoms with Crippen LogP contribution < -0.4 is 10.1 Å². The van der Waals surface area contributed by atoms with Gasteiger partial charge < -0.3 is 15.0 Å². The van der Waals surface area contributed by atoms with Gasteiger partial charge in [0.2, 0.25) is 0 Å². The first-order chi connectivity index (χ1) is 18.7. The molecule has 5 rings (SSSR count). The molecule has 1 heterocycles. The number of ether oxygens (including phenoxy) is 1. The Morgan fingerprint density at radius 3 is 2.00 bits per heavy atom. The van der Waals surface area contributed by atoms with Crippen LogP contribution in [0.15, 0.2) is 65.0 Å². The number of carbonyl (C=O) groups excluding carboxylic acids is 3. The normalized spacial score (nSPS) is 20.3. The molecule has 40 heavy (non-hydrogen) atoms. The Hall–Kier alpha value is -3.38. The van der Waals surface area contributed by atoms with Crippen LogP contribution in [-0.2, 0) is 14.4 Å². The maximum absolute atomic E-state index is 13.6. The Kier molecular flexibility index (Phi) is 7.20. The molecule has 0 saturated heterocycles. The summed E-state index contributed by atoms with van der Waals surface area (Å²) < 4.78 is 5.75. The standard InChI is InChI=1S/C33H37ClN2O4/c1-19-7-10-21(13-23(19)34)35-28(39)18-40-22-11-8-20(9-12-22)29-30-24(14-32(2,3)16-26(30)37)36(6)25-15-33(4,5)17-27(38)31(25)29/h7-13,29H,14-18H2,1-6H3,(H,35,39). The number of hydrogen-bond acceptors (Lipinski definition) is 5. The minimum Gasteiger partial charge on any atom is -0.484 e. The van der Waals surface area contributed by atoms with E-state index in [0.717, 1.165) is 46.5 Å². The maximum atomic E-state index is 13.6. The van der Waals surface area contributed by atoms with E-state index in [1.54, 1.807) is 24.3 Å². The number of nitrogens with zero attached hydrogens (tertiary/aromatic N) is 1. The highest BCUT2D eigenvalue weighted by atomic mass is 35.5. The molecule has 210 valence electrons. The molecule has 7 heteroatoms. The van der Waals surface area contributed by atoms with E-state index >= 15 is 0 Å². The van der Waals surface area contributed by atoms with Gasteiger partial charge in [-0.15, -0.1) is 0 Å². The first-order valence-electron chi connectivity index (χ1n) is 13.8. The molecule has 2 aliphatic carbocycles. The number of allylic oxidation sites excluding steroid dienone is 4. The number of hydrogen-bond donors (Lipinski definition) is 1. The Morgan fingerprint density at radius 2 is 1.48 bits per heavy atom. The number of aryl methyl sites for hydroxylation is 1. The van der Waals surface area contributed by atoms with Crippen LogP contribution >= 0.6 is 11.6 Å². The first kappa shape index (κ1) is 28.2. The lowest BCUT2D eigenvalue weighted by Crippen LogP contribution is -2.43. The number of benzene rings is 2. The molecular formula is C33H37ClN2O4. The van der Waals surface area contributed by atoms with Gasteiger partial charge in [0.05, 0.1) is 0 Å². The lowest BCUT2D eigenvalue weighted by atomic mass is 9.64. The smallest absolute Gasteiger partial charge is 0.262 e. The van der Waals surface area contributed by atoms with Gasteiger partial charge in [0.15, 0.2) is 18.2 Å². The largest absolute Gasteiger partial charge is 0.484 e. The van der Waals surface area contributed by atoms with Gasteiger partial charge >= 0.3 is 0 Å². The van der Waals surface area contributed by atoms with Crippen molar-refractivity contribution in [1.82, 2.24) is 4.90 Å². The van der Waals surface area contributed by atoms with Crippen molar-refractivity contribution in [2.75, 3.05) is 19.0 Å². The predicted octanol–water partition coefficient (Wildman–Crippen LogP) is 6.98. The zero-order chi connectivity index (χ0) is 29.0. The molecule has 2 aromatic rings. The number of carbonyl (C=O) groups is 3. The summed E-state index contributed by atoms with van der Waals surface area (Å²) in [7, 11) is 2.01. The molecule has 1 aliphatic heterocycles. The van der Waals surface area contributed by atoms with Crippen LogP contribution in [0, 0.1) is 17.8 Å². The summed E-state index contributed by atoms with van der Waals surface area (Å²) in [5.41, 5.74) is 5.72. The zero-order valence-electron chi connectivity index (χ0n) is 24.1. The SMILES string of the molecule is Cc1ccc(NC(=O)COc2ccc(C3C4=C(CC(C)(C)CC4=O)N(C)C4=C3C(=O)CC(C)(C)C4)cc2)cc1Cl. The van der Waals surface area contributed by atoms with E-state index in [-0.39, 0.29) is 34.9 Å². The number of anilines is 1. The maximum Gasteiger partial charge on any atom is 0.262 e. The van der Waals surface area contributed by atoms with Crippen LogP contribution in [0.1, 0.15) is 70.4 Å². The summed E-state index contributed by atoms with van der Waals surface area (Å²) in [4.78, 5) is 41.8. The topological polar surface area (TPSA) is 75.7 Å². The highest BCUT2D eigenvalue weighted by Crippen LogP contribution is 2.53. The molecule has 0 radical (unpaired) electrons. The Labute approximate surface area is 241 Å². The summed E-state index contributed by atoms with van der Waals surface area (Å²) in [5, 5.41) is 3.38. The third-order valence-corrected chi connectivity index (χ3v) is 8.63. The molecule has 1 amide bonds. The summed E-state index contributed by atoms with van der Waals surface area (Å²) in [6.45, 7) is 10.3. The number of Topliss-reactive ketones (excluding diaryl/α,β-unsaturated/α-hetero) is 2. The minimum atomic E-state index is -0.392. The fraction of sp³-hybridized carbons (Fsp3) is 0.424. The Balaban J connectivity index is 1.41. The number of rotatable bonds is 5. The first-order valence-corrected chi connectivity index (χ1v) is 14.2. The number of nitrogens with one attached hydrogen (secondary N) is 1. The fourth-order valence-corrected chi connectivity index (χ4v) is 6.45. The highest BCUT2D eigenvalue weighted by molar-refractivity contribution is 6.31. The summed E-state index contributed by atoms with van der Waals surface area (Å²) in [6.07, 6.45) is 2.49. The monoisotopic (exact) mass is 560 g/mol. The van der Waals surface area contributed by atoms with Crippen molar-refractivity contribution < 1.29 is 19.1 Å². The van der Waals surface area contributed by atoms with Gasteiger partial charge in [0.25, 0.3) is 5.91 Å². The van der Waals surface area contributed by atoms with Crippen molar-refractivity contribution in [2.24, 2.45) is 10.8 Å². The minimum absolute atomic E-state index is 0.112. The summed E-state index contributed by atoms with van der Waals surface area (Å²) in [5.74, 6) is 0.0668. The van der Waals surface area contributed by atoms with Crippen LogP contribution in [0.3, 0.4) is 0 Å². The molecule has 3 aliphatic rings. The fourth-order valence-electron chi connectivity index (χ4n) is 6.27. The van der Waals surface area contributed by atoms with E-state index in [0.29, 0.717) is 29.3 Å². The molecule has 0 aromatic heterocycles. The molecule has 0 spiro atoms. The average molecular weight is 561 g/mol. The van der Waals surface area contributed by atoms with Gasteiger partial charge in [0, 0.05) is 59.1 Å². The van der Waals surface area contributed by atoms with Crippen molar-refractivity contribution in [3.05, 3.63) is 81.2 Å². The van der Waals surface area contributed by atoms with E-state index in [2.05, 4.69) is 37.9 Å². The molecule has 1 N–H and O–H groups in total. The molecule has 0 bridgehead atoms. The van der Waals surface area contributed by atoms with Gasteiger partial charge in [-0.3, -0.25) is 14.4 Å². The second kappa shape index (κ2) is 10.2. The molecule has 0 atom stereocenters. The highest BCUT2D eigenvalue weighted by Gasteiger charge is 2.48. The van der Waals surface area contributed by atoms with Crippen molar-refractivity contribution >= 4 is 34.8 Å². The summed E-state index contributed by atoms with van der Waals surface area (Å²) in [6, 6.07) is 12.8. The quantitative estimate of drug-likeness (QED) is 0.427. The lowest BCUT2D eigenvalue weighted by Gasteiger charge is -2.47. The Bertz CT molecular complexity index is 1410. The van der Waals surface area contributed by atoms with Crippen LogP contribution in [0.5, 0.6) is 5.75 Å². The van der Waals surface area contributed by atoms with Crippen LogP contribution in [-0.4, -0.2) is 36.0 Å². The molecule has 0 unspecified atom stereocenters. The lowest BCUT2D eigenvalue weighted by molar-refractivity contribution is -0.120.